The van der Waals surface area contributed by atoms with E-state index in [1.165, 1.54) is 11.8 Å². The van der Waals surface area contributed by atoms with E-state index in [-0.39, 0.29) is 0 Å². The van der Waals surface area contributed by atoms with Gasteiger partial charge < -0.3 is 9.40 Å². The Balaban J connectivity index is 1.60. The maximum Gasteiger partial charge on any atom is 0.277 e. The van der Waals surface area contributed by atoms with E-state index in [1.807, 2.05) is 48.5 Å². The summed E-state index contributed by atoms with van der Waals surface area (Å²) >= 11 is 1.46. The van der Waals surface area contributed by atoms with Crippen molar-refractivity contribution in [3.63, 3.8) is 0 Å². The van der Waals surface area contributed by atoms with Gasteiger partial charge in [-0.3, -0.25) is 0 Å². The van der Waals surface area contributed by atoms with Gasteiger partial charge in [0.15, 0.2) is 0 Å². The number of benzene rings is 2. The lowest BCUT2D eigenvalue weighted by Gasteiger charge is -1.98. The maximum atomic E-state index is 5.63. The van der Waals surface area contributed by atoms with Crippen LogP contribution in [0.4, 0.5) is 0 Å². The van der Waals surface area contributed by atoms with Crippen LogP contribution in [0.25, 0.3) is 33.9 Å². The minimum atomic E-state index is 0.512. The zero-order valence-corrected chi connectivity index (χ0v) is 13.6. The minimum Gasteiger partial charge on any atom is -0.411 e. The van der Waals surface area contributed by atoms with Crippen LogP contribution in [0.3, 0.4) is 0 Å². The molecule has 0 radical (unpaired) electrons. The maximum absolute atomic E-state index is 5.63. The molecule has 1 N–H and O–H groups in total. The van der Waals surface area contributed by atoms with Crippen molar-refractivity contribution in [1.82, 2.24) is 20.2 Å². The highest BCUT2D eigenvalue weighted by molar-refractivity contribution is 7.99. The highest BCUT2D eigenvalue weighted by atomic mass is 32.2. The Kier molecular flexibility index (Phi) is 3.88. The number of imidazole rings is 1. The van der Waals surface area contributed by atoms with Gasteiger partial charge >= 0.3 is 0 Å². The predicted molar refractivity (Wildman–Crippen MR) is 95.7 cm³/mol. The van der Waals surface area contributed by atoms with E-state index in [0.29, 0.717) is 11.1 Å². The third-order valence-electron chi connectivity index (χ3n) is 3.53. The van der Waals surface area contributed by atoms with Crippen molar-refractivity contribution in [2.75, 3.05) is 5.75 Å². The van der Waals surface area contributed by atoms with Gasteiger partial charge in [0, 0.05) is 16.9 Å². The van der Waals surface area contributed by atoms with Crippen LogP contribution in [-0.2, 0) is 0 Å². The van der Waals surface area contributed by atoms with Crippen molar-refractivity contribution in [2.24, 2.45) is 0 Å². The predicted octanol–water partition coefficient (Wildman–Crippen LogP) is 4.56. The van der Waals surface area contributed by atoms with Gasteiger partial charge in [-0.2, -0.15) is 0 Å². The zero-order chi connectivity index (χ0) is 16.4. The van der Waals surface area contributed by atoms with Gasteiger partial charge in [-0.1, -0.05) is 42.1 Å². The number of para-hydroxylation sites is 2. The van der Waals surface area contributed by atoms with Crippen LogP contribution in [0.1, 0.15) is 0 Å². The smallest absolute Gasteiger partial charge is 0.277 e. The normalized spacial score (nSPS) is 11.0. The molecular weight excluding hydrogens is 320 g/mol. The Morgan fingerprint density at radius 3 is 2.62 bits per heavy atom. The second-order valence-electron chi connectivity index (χ2n) is 5.15. The third kappa shape index (κ3) is 2.83. The van der Waals surface area contributed by atoms with Gasteiger partial charge in [-0.05, 0) is 24.3 Å². The Bertz CT molecular complexity index is 955. The number of thioether (sulfide) groups is 1. The fourth-order valence-electron chi connectivity index (χ4n) is 2.38. The Morgan fingerprint density at radius 2 is 1.83 bits per heavy atom. The van der Waals surface area contributed by atoms with Gasteiger partial charge in [0.25, 0.3) is 5.22 Å². The Hall–Kier alpha value is -2.86. The number of rotatable bonds is 5. The topological polar surface area (TPSA) is 67.6 Å². The molecule has 0 fully saturated rings. The summed E-state index contributed by atoms with van der Waals surface area (Å²) in [5.74, 6) is 2.10. The third-order valence-corrected chi connectivity index (χ3v) is 4.34. The van der Waals surface area contributed by atoms with Crippen molar-refractivity contribution in [1.29, 1.82) is 0 Å². The summed E-state index contributed by atoms with van der Waals surface area (Å²) in [5.41, 5.74) is 3.87. The van der Waals surface area contributed by atoms with Gasteiger partial charge in [0.1, 0.15) is 5.82 Å². The summed E-state index contributed by atoms with van der Waals surface area (Å²) in [5, 5.41) is 8.65. The van der Waals surface area contributed by atoms with Gasteiger partial charge in [0.05, 0.1) is 11.0 Å². The van der Waals surface area contributed by atoms with Crippen molar-refractivity contribution in [2.45, 2.75) is 5.22 Å². The van der Waals surface area contributed by atoms with Crippen molar-refractivity contribution in [3.8, 4) is 22.8 Å². The summed E-state index contributed by atoms with van der Waals surface area (Å²) in [7, 11) is 0. The zero-order valence-electron chi connectivity index (χ0n) is 12.8. The van der Waals surface area contributed by atoms with Gasteiger partial charge in [-0.25, -0.2) is 4.98 Å². The summed E-state index contributed by atoms with van der Waals surface area (Å²) in [6.45, 7) is 3.68. The molecule has 6 heteroatoms. The molecule has 0 spiro atoms. The fraction of sp³-hybridized carbons (Fsp3) is 0.0556. The molecule has 24 heavy (non-hydrogen) atoms. The van der Waals surface area contributed by atoms with E-state index in [9.17, 15) is 0 Å². The number of hydrogen-bond donors (Lipinski definition) is 1. The highest BCUT2D eigenvalue weighted by Crippen LogP contribution is 2.26. The summed E-state index contributed by atoms with van der Waals surface area (Å²) in [4.78, 5) is 7.93. The Labute approximate surface area is 142 Å². The molecule has 0 saturated heterocycles. The second-order valence-corrected chi connectivity index (χ2v) is 6.12. The average molecular weight is 334 g/mol. The van der Waals surface area contributed by atoms with Crippen molar-refractivity contribution >= 4 is 22.8 Å². The first-order valence-corrected chi connectivity index (χ1v) is 8.45. The molecule has 0 atom stereocenters. The largest absolute Gasteiger partial charge is 0.411 e. The van der Waals surface area contributed by atoms with Crippen molar-refractivity contribution in [3.05, 3.63) is 61.2 Å². The summed E-state index contributed by atoms with van der Waals surface area (Å²) < 4.78 is 5.63. The van der Waals surface area contributed by atoms with Crippen LogP contribution in [0, 0.1) is 0 Å². The number of hydrogen-bond acceptors (Lipinski definition) is 5. The average Bonchev–Trinajstić information content (AvgIpc) is 3.27. The number of H-pyrrole nitrogens is 1. The number of fused-ring (bicyclic) bond motifs is 1. The number of aromatic amines is 1. The molecular formula is C18H14N4OS. The lowest BCUT2D eigenvalue weighted by Crippen LogP contribution is -1.82. The SMILES string of the molecule is C=CCSc1nnc(-c2ccc(-c3nc4ccccc4[nH]3)cc2)o1. The number of nitrogens with one attached hydrogen (secondary N) is 1. The molecule has 2 aromatic carbocycles. The van der Waals surface area contributed by atoms with Gasteiger partial charge in [0.2, 0.25) is 5.89 Å². The van der Waals surface area contributed by atoms with E-state index in [4.69, 9.17) is 4.42 Å². The molecule has 2 aromatic heterocycles. The molecule has 0 unspecified atom stereocenters. The van der Waals surface area contributed by atoms with Crippen LogP contribution in [0.2, 0.25) is 0 Å². The first-order valence-electron chi connectivity index (χ1n) is 7.46. The standard InChI is InChI=1S/C18H14N4OS/c1-2-11-24-18-22-21-17(23-18)13-9-7-12(8-10-13)16-19-14-5-3-4-6-15(14)20-16/h2-10H,1,11H2,(H,19,20). The van der Waals surface area contributed by atoms with E-state index in [0.717, 1.165) is 33.7 Å². The molecule has 118 valence electrons. The molecule has 0 aliphatic carbocycles. The molecule has 0 amide bonds. The fourth-order valence-corrected chi connectivity index (χ4v) is 2.87. The Morgan fingerprint density at radius 1 is 1.04 bits per heavy atom. The molecule has 4 rings (SSSR count). The molecule has 4 aromatic rings. The summed E-state index contributed by atoms with van der Waals surface area (Å²) in [6.07, 6.45) is 1.80. The van der Waals surface area contributed by atoms with E-state index in [2.05, 4.69) is 26.7 Å². The minimum absolute atomic E-state index is 0.512. The molecule has 0 saturated carbocycles. The van der Waals surface area contributed by atoms with E-state index in [1.54, 1.807) is 6.08 Å². The van der Waals surface area contributed by atoms with Crippen LogP contribution in [0.15, 0.2) is 70.8 Å². The van der Waals surface area contributed by atoms with Gasteiger partial charge in [-0.15, -0.1) is 16.8 Å². The lowest BCUT2D eigenvalue weighted by molar-refractivity contribution is 0.466. The van der Waals surface area contributed by atoms with E-state index >= 15 is 0 Å². The molecule has 0 aliphatic rings. The highest BCUT2D eigenvalue weighted by Gasteiger charge is 2.10. The number of aromatic nitrogens is 4. The molecule has 5 nitrogen and oxygen atoms in total. The van der Waals surface area contributed by atoms with Crippen molar-refractivity contribution < 1.29 is 4.42 Å². The van der Waals surface area contributed by atoms with Crippen LogP contribution in [0.5, 0.6) is 0 Å². The first kappa shape index (κ1) is 14.7. The number of nitrogens with zero attached hydrogens (tertiary/aromatic N) is 3. The molecule has 0 aliphatic heterocycles. The van der Waals surface area contributed by atoms with Crippen LogP contribution >= 0.6 is 11.8 Å². The van der Waals surface area contributed by atoms with Crippen LogP contribution in [-0.4, -0.2) is 25.9 Å². The quantitative estimate of drug-likeness (QED) is 0.428. The van der Waals surface area contributed by atoms with E-state index < -0.39 is 0 Å². The monoisotopic (exact) mass is 334 g/mol. The second kappa shape index (κ2) is 6.33. The first-order chi connectivity index (χ1) is 11.8. The molecule has 2 heterocycles. The lowest BCUT2D eigenvalue weighted by atomic mass is 10.1. The molecule has 0 bridgehead atoms. The summed E-state index contributed by atoms with van der Waals surface area (Å²) in [6, 6.07) is 15.9. The van der Waals surface area contributed by atoms with Crippen LogP contribution < -0.4 is 0 Å².